The number of carbonyl (C=O) groups excluding carboxylic acids is 3. The summed E-state index contributed by atoms with van der Waals surface area (Å²) in [6.45, 7) is 3.65. The van der Waals surface area contributed by atoms with Crippen LogP contribution in [0.25, 0.3) is 0 Å². The van der Waals surface area contributed by atoms with E-state index in [0.29, 0.717) is 16.8 Å². The molecule has 0 bridgehead atoms. The molecule has 1 heterocycles. The largest absolute Gasteiger partial charge is 0.367 e. The number of fused-ring (bicyclic) bond motifs is 1. The molecule has 2 amide bonds. The molecule has 1 aliphatic heterocycles. The second kappa shape index (κ2) is 6.96. The molecule has 1 aliphatic rings. The number of hydrogen-bond donors (Lipinski definition) is 2. The van der Waals surface area contributed by atoms with Gasteiger partial charge in [-0.15, -0.1) is 0 Å². The number of benzene rings is 2. The van der Waals surface area contributed by atoms with Gasteiger partial charge in [0, 0.05) is 12.0 Å². The van der Waals surface area contributed by atoms with Crippen molar-refractivity contribution in [3.8, 4) is 0 Å². The molecule has 0 saturated carbocycles. The minimum Gasteiger partial charge on any atom is -0.367 e. The molecule has 2 unspecified atom stereocenters. The van der Waals surface area contributed by atoms with Gasteiger partial charge in [-0.25, -0.2) is 0 Å². The Labute approximate surface area is 158 Å². The highest BCUT2D eigenvalue weighted by Crippen LogP contribution is 2.42. The zero-order valence-corrected chi connectivity index (χ0v) is 15.4. The van der Waals surface area contributed by atoms with Crippen LogP contribution >= 0.6 is 0 Å². The lowest BCUT2D eigenvalue weighted by atomic mass is 9.76. The van der Waals surface area contributed by atoms with Crippen LogP contribution in [0, 0.1) is 5.92 Å². The molecule has 0 spiro atoms. The molecule has 2 aromatic carbocycles. The summed E-state index contributed by atoms with van der Waals surface area (Å²) in [7, 11) is 0. The first-order valence-electron chi connectivity index (χ1n) is 8.89. The van der Waals surface area contributed by atoms with Crippen molar-refractivity contribution in [3.05, 3.63) is 65.7 Å². The fraction of sp³-hybridized carbons (Fsp3) is 0.286. The van der Waals surface area contributed by atoms with Gasteiger partial charge in [0.25, 0.3) is 0 Å². The maximum absolute atomic E-state index is 13.3. The lowest BCUT2D eigenvalue weighted by Crippen LogP contribution is -2.63. The summed E-state index contributed by atoms with van der Waals surface area (Å²) in [6.07, 6.45) is -0.117. The van der Waals surface area contributed by atoms with Crippen LogP contribution in [-0.2, 0) is 15.1 Å². The second-order valence-electron chi connectivity index (χ2n) is 7.08. The predicted molar refractivity (Wildman–Crippen MR) is 103 cm³/mol. The molecule has 6 heteroatoms. The molecule has 6 nitrogen and oxygen atoms in total. The minimum atomic E-state index is -1.48. The van der Waals surface area contributed by atoms with Crippen molar-refractivity contribution in [1.82, 2.24) is 0 Å². The monoisotopic (exact) mass is 365 g/mol. The van der Waals surface area contributed by atoms with Gasteiger partial charge in [-0.05, 0) is 23.6 Å². The number of Topliss-reactive ketones (excluding diaryl/α,β-unsaturated/α-hetero) is 1. The topological polar surface area (TPSA) is 106 Å². The van der Waals surface area contributed by atoms with Gasteiger partial charge in [-0.2, -0.15) is 0 Å². The first-order chi connectivity index (χ1) is 12.8. The second-order valence-corrected chi connectivity index (χ2v) is 7.08. The van der Waals surface area contributed by atoms with E-state index in [1.807, 2.05) is 19.9 Å². The lowest BCUT2D eigenvalue weighted by Gasteiger charge is -2.45. The standard InChI is InChI=1S/C21H23N3O3/c1-13(2)21(20(23)27,14-8-4-3-5-9-14)24-17-11-7-6-10-15(17)18(25)12-16(22)19(24)26/h3-11,13,16H,12,22H2,1-2H3,(H2,23,27). The molecule has 0 aliphatic carbocycles. The summed E-state index contributed by atoms with van der Waals surface area (Å²) in [6, 6.07) is 14.6. The number of carbonyl (C=O) groups is 3. The normalized spacial score (nSPS) is 19.4. The van der Waals surface area contributed by atoms with Crippen LogP contribution in [0.15, 0.2) is 54.6 Å². The van der Waals surface area contributed by atoms with E-state index >= 15 is 0 Å². The van der Waals surface area contributed by atoms with Crippen LogP contribution in [0.4, 0.5) is 5.69 Å². The number of hydrogen-bond acceptors (Lipinski definition) is 4. The number of ketones is 1. The predicted octanol–water partition coefficient (Wildman–Crippen LogP) is 1.97. The molecule has 140 valence electrons. The minimum absolute atomic E-state index is 0.117. The van der Waals surface area contributed by atoms with Gasteiger partial charge in [-0.1, -0.05) is 56.3 Å². The summed E-state index contributed by atoms with van der Waals surface area (Å²) < 4.78 is 0. The first-order valence-corrected chi connectivity index (χ1v) is 8.89. The molecule has 0 fully saturated rings. The third kappa shape index (κ3) is 2.82. The smallest absolute Gasteiger partial charge is 0.248 e. The van der Waals surface area contributed by atoms with Gasteiger partial charge in [0.15, 0.2) is 11.3 Å². The van der Waals surface area contributed by atoms with E-state index in [4.69, 9.17) is 11.5 Å². The Bertz CT molecular complexity index is 895. The van der Waals surface area contributed by atoms with Gasteiger partial charge in [-0.3, -0.25) is 19.3 Å². The maximum Gasteiger partial charge on any atom is 0.248 e. The Morgan fingerprint density at radius 3 is 2.26 bits per heavy atom. The summed E-state index contributed by atoms with van der Waals surface area (Å²) >= 11 is 0. The molecular formula is C21H23N3O3. The van der Waals surface area contributed by atoms with Crippen molar-refractivity contribution in [2.75, 3.05) is 4.90 Å². The van der Waals surface area contributed by atoms with Crippen molar-refractivity contribution in [2.24, 2.45) is 17.4 Å². The highest BCUT2D eigenvalue weighted by molar-refractivity contribution is 6.15. The fourth-order valence-electron chi connectivity index (χ4n) is 3.90. The fourth-order valence-corrected chi connectivity index (χ4v) is 3.90. The molecule has 0 saturated heterocycles. The van der Waals surface area contributed by atoms with Crippen LogP contribution in [0.2, 0.25) is 0 Å². The summed E-state index contributed by atoms with van der Waals surface area (Å²) in [5.41, 5.74) is 11.8. The third-order valence-corrected chi connectivity index (χ3v) is 5.17. The van der Waals surface area contributed by atoms with Crippen molar-refractivity contribution < 1.29 is 14.4 Å². The number of anilines is 1. The number of primary amides is 1. The van der Waals surface area contributed by atoms with Crippen LogP contribution < -0.4 is 16.4 Å². The zero-order chi connectivity index (χ0) is 19.8. The Balaban J connectivity index is 2.40. The lowest BCUT2D eigenvalue weighted by molar-refractivity contribution is -0.130. The van der Waals surface area contributed by atoms with E-state index in [1.165, 1.54) is 4.90 Å². The SMILES string of the molecule is CC(C)C(C(N)=O)(c1ccccc1)N1C(=O)C(N)CC(=O)c2ccccc21. The van der Waals surface area contributed by atoms with Crippen LogP contribution in [0.3, 0.4) is 0 Å². The van der Waals surface area contributed by atoms with Crippen molar-refractivity contribution >= 4 is 23.3 Å². The number of nitrogens with two attached hydrogens (primary N) is 2. The van der Waals surface area contributed by atoms with Crippen molar-refractivity contribution in [2.45, 2.75) is 31.8 Å². The quantitative estimate of drug-likeness (QED) is 0.864. The van der Waals surface area contributed by atoms with E-state index in [1.54, 1.807) is 48.5 Å². The number of amides is 2. The average Bonchev–Trinajstić information content (AvgIpc) is 2.73. The van der Waals surface area contributed by atoms with Crippen LogP contribution in [0.1, 0.15) is 36.2 Å². The molecule has 27 heavy (non-hydrogen) atoms. The van der Waals surface area contributed by atoms with Gasteiger partial charge in [0.1, 0.15) is 0 Å². The Morgan fingerprint density at radius 1 is 1.07 bits per heavy atom. The zero-order valence-electron chi connectivity index (χ0n) is 15.4. The average molecular weight is 365 g/mol. The van der Waals surface area contributed by atoms with Gasteiger partial charge in [0.2, 0.25) is 11.8 Å². The van der Waals surface area contributed by atoms with E-state index in [9.17, 15) is 14.4 Å². The van der Waals surface area contributed by atoms with Crippen molar-refractivity contribution in [3.63, 3.8) is 0 Å². The van der Waals surface area contributed by atoms with Crippen molar-refractivity contribution in [1.29, 1.82) is 0 Å². The first kappa shape index (κ1) is 18.8. The van der Waals surface area contributed by atoms with Crippen LogP contribution in [-0.4, -0.2) is 23.6 Å². The molecule has 2 atom stereocenters. The molecule has 4 N–H and O–H groups in total. The molecular weight excluding hydrogens is 342 g/mol. The number of nitrogens with zero attached hydrogens (tertiary/aromatic N) is 1. The Kier molecular flexibility index (Phi) is 4.85. The Morgan fingerprint density at radius 2 is 1.67 bits per heavy atom. The highest BCUT2D eigenvalue weighted by atomic mass is 16.2. The highest BCUT2D eigenvalue weighted by Gasteiger charge is 2.52. The van der Waals surface area contributed by atoms with Gasteiger partial charge < -0.3 is 11.5 Å². The third-order valence-electron chi connectivity index (χ3n) is 5.17. The Hall–Kier alpha value is -2.99. The van der Waals surface area contributed by atoms with E-state index in [-0.39, 0.29) is 18.1 Å². The van der Waals surface area contributed by atoms with Gasteiger partial charge >= 0.3 is 0 Å². The summed E-state index contributed by atoms with van der Waals surface area (Å²) in [4.78, 5) is 40.2. The van der Waals surface area contributed by atoms with E-state index in [0.717, 1.165) is 0 Å². The van der Waals surface area contributed by atoms with E-state index < -0.39 is 23.4 Å². The summed E-state index contributed by atoms with van der Waals surface area (Å²) in [5.74, 6) is -1.77. The molecule has 3 rings (SSSR count). The number of rotatable bonds is 4. The van der Waals surface area contributed by atoms with Crippen LogP contribution in [0.5, 0.6) is 0 Å². The maximum atomic E-state index is 13.3. The molecule has 0 radical (unpaired) electrons. The summed E-state index contributed by atoms with van der Waals surface area (Å²) in [5, 5.41) is 0. The molecule has 2 aromatic rings. The van der Waals surface area contributed by atoms with E-state index in [2.05, 4.69) is 0 Å². The molecule has 0 aromatic heterocycles. The van der Waals surface area contributed by atoms with Gasteiger partial charge in [0.05, 0.1) is 11.7 Å². The number of para-hydroxylation sites is 1.